The summed E-state index contributed by atoms with van der Waals surface area (Å²) in [6.45, 7) is 0. The van der Waals surface area contributed by atoms with Gasteiger partial charge in [0.2, 0.25) is 0 Å². The van der Waals surface area contributed by atoms with Gasteiger partial charge >= 0.3 is 0 Å². The molecule has 1 aliphatic carbocycles. The highest BCUT2D eigenvalue weighted by atomic mass is 15.2. The van der Waals surface area contributed by atoms with Gasteiger partial charge < -0.3 is 28.4 Å². The molecule has 0 spiro atoms. The monoisotopic (exact) mass is 1310 g/mol. The molecule has 8 nitrogen and oxygen atoms in total. The van der Waals surface area contributed by atoms with Crippen LogP contribution in [0.4, 0.5) is 51.2 Å². The number of hydrogen-bond donors (Lipinski definition) is 0. The van der Waals surface area contributed by atoms with E-state index in [0.717, 1.165) is 125 Å². The van der Waals surface area contributed by atoms with Gasteiger partial charge in [-0.2, -0.15) is 0 Å². The first-order valence-electron chi connectivity index (χ1n) is 34.9. The topological polar surface area (TPSA) is 50.3 Å². The molecule has 0 fully saturated rings. The van der Waals surface area contributed by atoms with E-state index in [1.165, 1.54) is 37.8 Å². The molecule has 1 aliphatic rings. The number of allylic oxidation sites excluding steroid dienone is 4. The Balaban J connectivity index is 0.786. The fourth-order valence-electron chi connectivity index (χ4n) is 15.5. The van der Waals surface area contributed by atoms with Gasteiger partial charge in [0.05, 0.1) is 45.0 Å². The zero-order chi connectivity index (χ0) is 67.5. The van der Waals surface area contributed by atoms with Gasteiger partial charge in [0.25, 0.3) is 0 Å². The molecule has 0 bridgehead atoms. The van der Waals surface area contributed by atoms with Crippen molar-refractivity contribution in [3.05, 3.63) is 388 Å². The van der Waals surface area contributed by atoms with Crippen molar-refractivity contribution < 1.29 is 0 Å². The number of nitrogens with zero attached hydrogens (tertiary/aromatic N) is 8. The first-order chi connectivity index (χ1) is 50.6. The number of rotatable bonds is 15. The zero-order valence-corrected chi connectivity index (χ0v) is 55.7. The average Bonchev–Trinajstić information content (AvgIpc) is 1.59. The highest BCUT2D eigenvalue weighted by Crippen LogP contribution is 2.46. The molecule has 4 aromatic heterocycles. The number of aromatic nitrogens is 5. The Hall–Kier alpha value is -13.6. The van der Waals surface area contributed by atoms with Gasteiger partial charge in [0.1, 0.15) is 0 Å². The molecule has 19 rings (SSSR count). The van der Waals surface area contributed by atoms with E-state index >= 15 is 0 Å². The van der Waals surface area contributed by atoms with E-state index in [2.05, 4.69) is 411 Å². The lowest BCUT2D eigenvalue weighted by molar-refractivity contribution is 0.650. The van der Waals surface area contributed by atoms with Crippen LogP contribution in [0.15, 0.2) is 382 Å². The second-order valence-electron chi connectivity index (χ2n) is 26.1. The Morgan fingerprint density at radius 3 is 1.07 bits per heavy atom. The van der Waals surface area contributed by atoms with E-state index in [1.54, 1.807) is 0 Å². The summed E-state index contributed by atoms with van der Waals surface area (Å²) >= 11 is 0. The fourth-order valence-corrected chi connectivity index (χ4v) is 15.5. The highest BCUT2D eigenvalue weighted by Gasteiger charge is 2.25. The Bertz CT molecular complexity index is 5860. The standard InChI is InChI=1S/C94H66N8/c1-7-31-68(32-8-1)97(69-33-9-2-10-34-69)77-52-55-83-80-46-19-22-49-88(80)100(91(83)61-77)74-43-25-28-65(58-74)86-64-87(66-29-26-44-75(59-66)101-89-50-23-20-47-81(89)84-56-53-78(62-92(84)101)98(70-35-11-3-12-36-70)71-37-13-4-14-38-71)96-94(95-86)67-30-27-45-76(60-67)102-90-51-24-21-48-82(90)85-57-54-79(63-93(85)102)99(72-39-15-5-16-40-72)73-41-17-6-18-42-73/h1-43,45-64,75H,44H2. The Morgan fingerprint density at radius 2 is 0.618 bits per heavy atom. The Kier molecular flexibility index (Phi) is 14.9. The van der Waals surface area contributed by atoms with Crippen LogP contribution in [0.5, 0.6) is 0 Å². The van der Waals surface area contributed by atoms with E-state index in [9.17, 15) is 0 Å². The van der Waals surface area contributed by atoms with Crippen molar-refractivity contribution in [1.29, 1.82) is 0 Å². The molecule has 482 valence electrons. The third-order valence-electron chi connectivity index (χ3n) is 20.0. The number of hydrogen-bond acceptors (Lipinski definition) is 5. The average molecular weight is 1310 g/mol. The zero-order valence-electron chi connectivity index (χ0n) is 55.7. The van der Waals surface area contributed by atoms with Crippen LogP contribution in [0.3, 0.4) is 0 Å². The van der Waals surface area contributed by atoms with Gasteiger partial charge in [0, 0.05) is 112 Å². The molecular weight excluding hydrogens is 1240 g/mol. The van der Waals surface area contributed by atoms with Crippen molar-refractivity contribution in [1.82, 2.24) is 23.7 Å². The number of fused-ring (bicyclic) bond motifs is 9. The summed E-state index contributed by atoms with van der Waals surface area (Å²) in [5.41, 5.74) is 23.0. The molecule has 0 amide bonds. The van der Waals surface area contributed by atoms with Gasteiger partial charge in [0.15, 0.2) is 5.82 Å². The molecule has 1 unspecified atom stereocenters. The molecular formula is C94H66N8. The molecule has 4 heterocycles. The number of anilines is 9. The van der Waals surface area contributed by atoms with Gasteiger partial charge in [-0.3, -0.25) is 0 Å². The molecule has 102 heavy (non-hydrogen) atoms. The maximum atomic E-state index is 5.71. The molecule has 0 radical (unpaired) electrons. The summed E-state index contributed by atoms with van der Waals surface area (Å²) < 4.78 is 7.37. The second-order valence-corrected chi connectivity index (χ2v) is 26.1. The van der Waals surface area contributed by atoms with Crippen LogP contribution < -0.4 is 14.7 Å². The van der Waals surface area contributed by atoms with Gasteiger partial charge in [-0.25, -0.2) is 9.97 Å². The maximum Gasteiger partial charge on any atom is 0.160 e. The van der Waals surface area contributed by atoms with Crippen LogP contribution in [0, 0.1) is 0 Å². The van der Waals surface area contributed by atoms with E-state index in [-0.39, 0.29) is 6.04 Å². The molecule has 0 saturated heterocycles. The van der Waals surface area contributed by atoms with Crippen molar-refractivity contribution in [3.63, 3.8) is 0 Å². The fraction of sp³-hybridized carbons (Fsp3) is 0.0213. The lowest BCUT2D eigenvalue weighted by atomic mass is 9.98. The van der Waals surface area contributed by atoms with Crippen molar-refractivity contribution in [2.45, 2.75) is 12.5 Å². The third kappa shape index (κ3) is 10.6. The Labute approximate surface area is 591 Å². The molecule has 0 saturated carbocycles. The number of benzene rings is 14. The second kappa shape index (κ2) is 25.4. The molecule has 8 heteroatoms. The lowest BCUT2D eigenvalue weighted by Gasteiger charge is -2.26. The lowest BCUT2D eigenvalue weighted by Crippen LogP contribution is -2.11. The summed E-state index contributed by atoms with van der Waals surface area (Å²) in [7, 11) is 0. The minimum absolute atomic E-state index is 0.0575. The summed E-state index contributed by atoms with van der Waals surface area (Å²) in [5.74, 6) is 0.624. The van der Waals surface area contributed by atoms with Gasteiger partial charge in [-0.1, -0.05) is 224 Å². The van der Waals surface area contributed by atoms with Crippen molar-refractivity contribution in [2.75, 3.05) is 14.7 Å². The predicted molar refractivity (Wildman–Crippen MR) is 426 cm³/mol. The highest BCUT2D eigenvalue weighted by molar-refractivity contribution is 6.13. The predicted octanol–water partition coefficient (Wildman–Crippen LogP) is 25.1. The molecule has 0 aliphatic heterocycles. The molecule has 0 N–H and O–H groups in total. The van der Waals surface area contributed by atoms with Crippen LogP contribution in [0.25, 0.3) is 105 Å². The van der Waals surface area contributed by atoms with E-state index in [4.69, 9.17) is 9.97 Å². The molecule has 18 aromatic rings. The van der Waals surface area contributed by atoms with Crippen molar-refractivity contribution in [3.8, 4) is 34.0 Å². The largest absolute Gasteiger partial charge is 0.333 e. The number of para-hydroxylation sites is 9. The van der Waals surface area contributed by atoms with E-state index in [1.807, 2.05) is 0 Å². The van der Waals surface area contributed by atoms with E-state index < -0.39 is 0 Å². The van der Waals surface area contributed by atoms with Gasteiger partial charge in [-0.15, -0.1) is 0 Å². The van der Waals surface area contributed by atoms with Crippen LogP contribution in [0.1, 0.15) is 18.2 Å². The summed E-state index contributed by atoms with van der Waals surface area (Å²) in [6.07, 6.45) is 7.81. The SMILES string of the molecule is C1=CC(c2cc(-c3cccc(-n4c5ccccc5c5ccc(N(c6ccccc6)c6ccccc6)cc54)c3)nc(-c3cccc(-n4c5ccccc5c5ccc(N(c6ccccc6)c6ccccc6)cc54)c3)n2)=CC(n2c3ccccc3c3ccc(N(c4ccccc4)c4ccccc4)cc32)C1. The van der Waals surface area contributed by atoms with E-state index in [0.29, 0.717) is 5.82 Å². The minimum Gasteiger partial charge on any atom is -0.333 e. The first kappa shape index (κ1) is 59.7. The van der Waals surface area contributed by atoms with Crippen LogP contribution in [-0.4, -0.2) is 23.7 Å². The quantitative estimate of drug-likeness (QED) is 0.102. The molecule has 1 atom stereocenters. The van der Waals surface area contributed by atoms with Crippen molar-refractivity contribution >= 4 is 122 Å². The summed E-state index contributed by atoms with van der Waals surface area (Å²) in [5, 5.41) is 7.12. The first-order valence-corrected chi connectivity index (χ1v) is 34.9. The minimum atomic E-state index is -0.0575. The van der Waals surface area contributed by atoms with Gasteiger partial charge in [-0.05, 0) is 170 Å². The normalized spacial score (nSPS) is 13.0. The van der Waals surface area contributed by atoms with Crippen LogP contribution in [0.2, 0.25) is 0 Å². The molecule has 14 aromatic carbocycles. The Morgan fingerprint density at radius 1 is 0.265 bits per heavy atom. The van der Waals surface area contributed by atoms with Crippen LogP contribution in [-0.2, 0) is 0 Å². The maximum absolute atomic E-state index is 5.71. The van der Waals surface area contributed by atoms with Crippen molar-refractivity contribution in [2.24, 2.45) is 0 Å². The summed E-state index contributed by atoms with van der Waals surface area (Å²) in [6, 6.07) is 131. The van der Waals surface area contributed by atoms with Crippen LogP contribution >= 0.6 is 0 Å². The smallest absolute Gasteiger partial charge is 0.160 e. The summed E-state index contributed by atoms with van der Waals surface area (Å²) in [4.78, 5) is 18.4. The third-order valence-corrected chi connectivity index (χ3v) is 20.0.